The highest BCUT2D eigenvalue weighted by molar-refractivity contribution is 5.86. The number of likely N-dealkylation sites (N-methyl/N-ethyl adjacent to an activating group) is 1. The molecule has 23 heavy (non-hydrogen) atoms. The van der Waals surface area contributed by atoms with E-state index in [2.05, 4.69) is 53.8 Å². The lowest BCUT2D eigenvalue weighted by Gasteiger charge is -2.34. The molecule has 3 aliphatic heterocycles. The first-order valence-electron chi connectivity index (χ1n) is 8.86. The summed E-state index contributed by atoms with van der Waals surface area (Å²) in [5.41, 5.74) is 5.97. The Morgan fingerprint density at radius 3 is 2.96 bits per heavy atom. The van der Waals surface area contributed by atoms with E-state index in [1.54, 1.807) is 5.56 Å². The normalized spacial score (nSPS) is 32.1. The fourth-order valence-corrected chi connectivity index (χ4v) is 5.02. The Bertz CT molecular complexity index is 803. The van der Waals surface area contributed by atoms with Gasteiger partial charge in [0.25, 0.3) is 0 Å². The Morgan fingerprint density at radius 1 is 1.22 bits per heavy atom. The van der Waals surface area contributed by atoms with E-state index in [0.717, 1.165) is 26.0 Å². The molecule has 3 nitrogen and oxygen atoms in total. The number of rotatable bonds is 0. The van der Waals surface area contributed by atoms with Gasteiger partial charge in [0.2, 0.25) is 0 Å². The molecular formula is C20H24N2O. The Labute approximate surface area is 137 Å². The van der Waals surface area contributed by atoms with Crippen LogP contribution in [0.5, 0.6) is 0 Å². The van der Waals surface area contributed by atoms with Crippen LogP contribution in [-0.4, -0.2) is 29.7 Å². The van der Waals surface area contributed by atoms with Gasteiger partial charge in [-0.15, -0.1) is 0 Å². The van der Waals surface area contributed by atoms with Gasteiger partial charge in [-0.3, -0.25) is 4.90 Å². The first-order valence-corrected chi connectivity index (χ1v) is 8.86. The summed E-state index contributed by atoms with van der Waals surface area (Å²) in [4.78, 5) is 2.56. The van der Waals surface area contributed by atoms with Crippen molar-refractivity contribution in [1.29, 1.82) is 0 Å². The Balaban J connectivity index is 1.78. The molecule has 1 saturated heterocycles. The zero-order chi connectivity index (χ0) is 15.6. The van der Waals surface area contributed by atoms with E-state index in [1.165, 1.54) is 28.6 Å². The van der Waals surface area contributed by atoms with Crippen LogP contribution in [0.15, 0.2) is 35.9 Å². The standard InChI is InChI=1S/C20H24N2O/c1-3-13-12-23-19-11-14(13)10-18-20-16(8-9-21(18)2)15-6-4-5-7-17(15)22(19)20/h3-7,14,18-19H,8-12H2,1-2H3. The number of nitrogens with zero attached hydrogens (tertiary/aromatic N) is 2. The third-order valence-electron chi connectivity index (χ3n) is 6.24. The molecule has 0 radical (unpaired) electrons. The van der Waals surface area contributed by atoms with Crippen molar-refractivity contribution in [1.82, 2.24) is 9.47 Å². The van der Waals surface area contributed by atoms with Gasteiger partial charge in [0.15, 0.2) is 0 Å². The molecule has 2 aromatic rings. The molecule has 0 amide bonds. The van der Waals surface area contributed by atoms with Crippen molar-refractivity contribution in [2.45, 2.75) is 38.5 Å². The summed E-state index contributed by atoms with van der Waals surface area (Å²) < 4.78 is 8.85. The molecule has 1 aromatic carbocycles. The second-order valence-electron chi connectivity index (χ2n) is 7.29. The van der Waals surface area contributed by atoms with Crippen LogP contribution in [0.25, 0.3) is 10.9 Å². The second-order valence-corrected chi connectivity index (χ2v) is 7.29. The molecule has 120 valence electrons. The molecule has 3 heteroatoms. The average molecular weight is 308 g/mol. The third kappa shape index (κ3) is 1.84. The summed E-state index contributed by atoms with van der Waals surface area (Å²) in [5.74, 6) is 0.663. The highest BCUT2D eigenvalue weighted by Crippen LogP contribution is 2.49. The van der Waals surface area contributed by atoms with Gasteiger partial charge in [-0.05, 0) is 56.4 Å². The number of para-hydroxylation sites is 1. The highest BCUT2D eigenvalue weighted by Gasteiger charge is 2.41. The molecule has 1 fully saturated rings. The quantitative estimate of drug-likeness (QED) is 0.683. The molecule has 0 spiro atoms. The molecule has 0 N–H and O–H groups in total. The predicted molar refractivity (Wildman–Crippen MR) is 92.5 cm³/mol. The Hall–Kier alpha value is -1.58. The van der Waals surface area contributed by atoms with Crippen LogP contribution in [0.2, 0.25) is 0 Å². The largest absolute Gasteiger partial charge is 0.354 e. The molecule has 3 unspecified atom stereocenters. The molecule has 2 bridgehead atoms. The van der Waals surface area contributed by atoms with Crippen LogP contribution in [-0.2, 0) is 11.2 Å². The molecular weight excluding hydrogens is 284 g/mol. The van der Waals surface area contributed by atoms with Crippen molar-refractivity contribution in [2.24, 2.45) is 5.92 Å². The second kappa shape index (κ2) is 4.96. The van der Waals surface area contributed by atoms with Crippen molar-refractivity contribution >= 4 is 10.9 Å². The summed E-state index contributed by atoms with van der Waals surface area (Å²) in [6, 6.07) is 9.44. The van der Waals surface area contributed by atoms with Gasteiger partial charge >= 0.3 is 0 Å². The molecule has 0 saturated carbocycles. The Kier molecular flexibility index (Phi) is 2.98. The first kappa shape index (κ1) is 13.8. The molecule has 3 atom stereocenters. The highest BCUT2D eigenvalue weighted by atomic mass is 16.5. The predicted octanol–water partition coefficient (Wildman–Crippen LogP) is 4.06. The lowest BCUT2D eigenvalue weighted by atomic mass is 9.85. The lowest BCUT2D eigenvalue weighted by molar-refractivity contribution is -0.0203. The topological polar surface area (TPSA) is 17.4 Å². The minimum absolute atomic E-state index is 0.203. The molecule has 1 aromatic heterocycles. The van der Waals surface area contributed by atoms with E-state index in [0.29, 0.717) is 12.0 Å². The lowest BCUT2D eigenvalue weighted by Crippen LogP contribution is -2.33. The maximum absolute atomic E-state index is 6.31. The van der Waals surface area contributed by atoms with Gasteiger partial charge in [0.05, 0.1) is 18.2 Å². The SMILES string of the molecule is CC=C1COC2CC1CC1c3c(c4ccccc4n32)CCN1C. The minimum atomic E-state index is 0.203. The van der Waals surface area contributed by atoms with E-state index in [9.17, 15) is 0 Å². The van der Waals surface area contributed by atoms with Crippen molar-refractivity contribution in [3.05, 3.63) is 47.2 Å². The average Bonchev–Trinajstić information content (AvgIpc) is 2.85. The number of hydrogen-bond donors (Lipinski definition) is 0. The summed E-state index contributed by atoms with van der Waals surface area (Å²) in [5, 5.41) is 1.44. The molecule has 5 rings (SSSR count). The van der Waals surface area contributed by atoms with Gasteiger partial charge in [0.1, 0.15) is 6.23 Å². The van der Waals surface area contributed by atoms with E-state index < -0.39 is 0 Å². The van der Waals surface area contributed by atoms with Crippen LogP contribution in [0.3, 0.4) is 0 Å². The summed E-state index contributed by atoms with van der Waals surface area (Å²) in [6.45, 7) is 4.12. The van der Waals surface area contributed by atoms with E-state index in [-0.39, 0.29) is 6.23 Å². The van der Waals surface area contributed by atoms with E-state index >= 15 is 0 Å². The smallest absolute Gasteiger partial charge is 0.135 e. The van der Waals surface area contributed by atoms with Gasteiger partial charge in [-0.1, -0.05) is 24.3 Å². The number of fused-ring (bicyclic) bond motifs is 6. The van der Waals surface area contributed by atoms with Gasteiger partial charge in [-0.25, -0.2) is 0 Å². The van der Waals surface area contributed by atoms with Gasteiger partial charge < -0.3 is 9.30 Å². The fourth-order valence-electron chi connectivity index (χ4n) is 5.02. The third-order valence-corrected chi connectivity index (χ3v) is 6.24. The number of ether oxygens (including phenoxy) is 1. The maximum atomic E-state index is 6.31. The number of allylic oxidation sites excluding steroid dienone is 1. The molecule has 3 aliphatic rings. The summed E-state index contributed by atoms with van der Waals surface area (Å²) >= 11 is 0. The number of aromatic nitrogens is 1. The maximum Gasteiger partial charge on any atom is 0.135 e. The Morgan fingerprint density at radius 2 is 2.09 bits per heavy atom. The van der Waals surface area contributed by atoms with Crippen LogP contribution in [0.1, 0.15) is 43.3 Å². The van der Waals surface area contributed by atoms with Crippen molar-refractivity contribution < 1.29 is 4.74 Å². The van der Waals surface area contributed by atoms with Crippen molar-refractivity contribution in [2.75, 3.05) is 20.2 Å². The zero-order valence-electron chi connectivity index (χ0n) is 14.0. The van der Waals surface area contributed by atoms with Gasteiger partial charge in [-0.2, -0.15) is 0 Å². The van der Waals surface area contributed by atoms with Crippen LogP contribution < -0.4 is 0 Å². The molecule has 0 aliphatic carbocycles. The van der Waals surface area contributed by atoms with E-state index in [1.807, 2.05) is 0 Å². The zero-order valence-corrected chi connectivity index (χ0v) is 14.0. The molecule has 4 heterocycles. The first-order chi connectivity index (χ1) is 11.3. The monoisotopic (exact) mass is 308 g/mol. The van der Waals surface area contributed by atoms with Crippen molar-refractivity contribution in [3.8, 4) is 0 Å². The van der Waals surface area contributed by atoms with Crippen LogP contribution >= 0.6 is 0 Å². The fraction of sp³-hybridized carbons (Fsp3) is 0.500. The van der Waals surface area contributed by atoms with Crippen LogP contribution in [0, 0.1) is 5.92 Å². The summed E-state index contributed by atoms with van der Waals surface area (Å²) in [7, 11) is 2.29. The minimum Gasteiger partial charge on any atom is -0.354 e. The van der Waals surface area contributed by atoms with Crippen LogP contribution in [0.4, 0.5) is 0 Å². The van der Waals surface area contributed by atoms with E-state index in [4.69, 9.17) is 4.74 Å². The number of benzene rings is 1. The van der Waals surface area contributed by atoms with Crippen molar-refractivity contribution in [3.63, 3.8) is 0 Å². The number of hydrogen-bond acceptors (Lipinski definition) is 2. The van der Waals surface area contributed by atoms with Gasteiger partial charge in [0, 0.05) is 17.6 Å². The summed E-state index contributed by atoms with van der Waals surface area (Å²) in [6.07, 6.45) is 6.00.